The molecular weight excluding hydrogens is 474 g/mol. The lowest BCUT2D eigenvalue weighted by atomic mass is 9.97. The number of methoxy groups -OCH3 is 1. The first kappa shape index (κ1) is 25.6. The van der Waals surface area contributed by atoms with E-state index in [0.717, 1.165) is 5.56 Å². The molecule has 0 fully saturated rings. The second-order valence-corrected chi connectivity index (χ2v) is 8.06. The molecule has 3 aromatic rings. The Kier molecular flexibility index (Phi) is 8.38. The highest BCUT2D eigenvalue weighted by Crippen LogP contribution is 2.34. The first-order chi connectivity index (χ1) is 16.7. The van der Waals surface area contributed by atoms with Gasteiger partial charge in [-0.15, -0.1) is 0 Å². The van der Waals surface area contributed by atoms with Crippen molar-refractivity contribution in [1.29, 1.82) is 0 Å². The van der Waals surface area contributed by atoms with Crippen molar-refractivity contribution in [3.05, 3.63) is 75.7 Å². The van der Waals surface area contributed by atoms with Crippen LogP contribution in [0.3, 0.4) is 0 Å². The number of esters is 1. The molecule has 0 unspecified atom stereocenters. The van der Waals surface area contributed by atoms with Crippen LogP contribution in [-0.2, 0) is 16.6 Å². The zero-order chi connectivity index (χ0) is 25.5. The van der Waals surface area contributed by atoms with Crippen LogP contribution in [0.15, 0.2) is 59.5 Å². The number of rotatable bonds is 8. The van der Waals surface area contributed by atoms with E-state index in [0.29, 0.717) is 21.9 Å². The van der Waals surface area contributed by atoms with Crippen LogP contribution in [-0.4, -0.2) is 35.4 Å². The minimum absolute atomic E-state index is 0.165. The fraction of sp³-hybridized carbons (Fsp3) is 0.240. The number of pyridine rings is 1. The van der Waals surface area contributed by atoms with Gasteiger partial charge in [0.05, 0.1) is 26.2 Å². The molecule has 0 bridgehead atoms. The quantitative estimate of drug-likeness (QED) is 0.399. The molecule has 9 nitrogen and oxygen atoms in total. The zero-order valence-electron chi connectivity index (χ0n) is 19.5. The standard InChI is InChI=1S/C25H26ClN3O6/c1-4-35-22(31)14-19(27-25(33)28-23-20(30)10-11-29(2)24(23)32)16-8-9-21(34-3)18(13-16)15-6-5-7-17(26)12-15/h5-13,19,30H,4,14H2,1-3H3,(H2,27,28,33)/t19-/m0/s1. The van der Waals surface area contributed by atoms with Crippen LogP contribution < -0.4 is 20.9 Å². The molecule has 3 rings (SSSR count). The maximum atomic E-state index is 12.8. The Bertz CT molecular complexity index is 1290. The number of nitrogens with zero attached hydrogens (tertiary/aromatic N) is 1. The van der Waals surface area contributed by atoms with E-state index in [9.17, 15) is 19.5 Å². The number of hydrogen-bond donors (Lipinski definition) is 3. The number of aryl methyl sites for hydroxylation is 1. The van der Waals surface area contributed by atoms with Gasteiger partial charge in [0.2, 0.25) is 0 Å². The number of urea groups is 1. The van der Waals surface area contributed by atoms with Gasteiger partial charge in [-0.3, -0.25) is 9.59 Å². The van der Waals surface area contributed by atoms with Gasteiger partial charge >= 0.3 is 12.0 Å². The lowest BCUT2D eigenvalue weighted by Crippen LogP contribution is -2.36. The monoisotopic (exact) mass is 499 g/mol. The van der Waals surface area contributed by atoms with Crippen LogP contribution in [0.4, 0.5) is 10.5 Å². The predicted octanol–water partition coefficient (Wildman–Crippen LogP) is 4.24. The van der Waals surface area contributed by atoms with Gasteiger partial charge in [0.15, 0.2) is 5.69 Å². The van der Waals surface area contributed by atoms with Crippen LogP contribution in [0, 0.1) is 0 Å². The third-order valence-electron chi connectivity index (χ3n) is 5.23. The number of ether oxygens (including phenoxy) is 2. The number of nitrogens with one attached hydrogen (secondary N) is 2. The van der Waals surface area contributed by atoms with Gasteiger partial charge in [-0.25, -0.2) is 4.79 Å². The molecule has 0 saturated heterocycles. The summed E-state index contributed by atoms with van der Waals surface area (Å²) in [6, 6.07) is 12.1. The van der Waals surface area contributed by atoms with Crippen LogP contribution in [0.25, 0.3) is 11.1 Å². The van der Waals surface area contributed by atoms with Crippen LogP contribution in [0.1, 0.15) is 24.9 Å². The molecule has 35 heavy (non-hydrogen) atoms. The summed E-state index contributed by atoms with van der Waals surface area (Å²) in [6.07, 6.45) is 1.21. The molecule has 184 valence electrons. The average Bonchev–Trinajstić information content (AvgIpc) is 2.83. The second kappa shape index (κ2) is 11.4. The number of anilines is 1. The maximum Gasteiger partial charge on any atom is 0.319 e. The molecule has 0 radical (unpaired) electrons. The van der Waals surface area contributed by atoms with E-state index in [1.54, 1.807) is 43.3 Å². The summed E-state index contributed by atoms with van der Waals surface area (Å²) in [5.41, 5.74) is 1.21. The smallest absolute Gasteiger partial charge is 0.319 e. The van der Waals surface area contributed by atoms with Gasteiger partial charge < -0.3 is 29.8 Å². The molecule has 0 aliphatic rings. The predicted molar refractivity (Wildman–Crippen MR) is 133 cm³/mol. The number of amides is 2. The number of benzene rings is 2. The number of aromatic hydroxyl groups is 1. The summed E-state index contributed by atoms with van der Waals surface area (Å²) in [5, 5.41) is 15.6. The highest BCUT2D eigenvalue weighted by atomic mass is 35.5. The number of halogens is 1. The molecule has 0 spiro atoms. The lowest BCUT2D eigenvalue weighted by molar-refractivity contribution is -0.143. The van der Waals surface area contributed by atoms with Crippen molar-refractivity contribution >= 4 is 29.3 Å². The Balaban J connectivity index is 1.96. The minimum Gasteiger partial charge on any atom is -0.505 e. The molecule has 1 aromatic heterocycles. The van der Waals surface area contributed by atoms with E-state index in [-0.39, 0.29) is 24.5 Å². The summed E-state index contributed by atoms with van der Waals surface area (Å²) in [6.45, 7) is 1.87. The Morgan fingerprint density at radius 2 is 1.94 bits per heavy atom. The van der Waals surface area contributed by atoms with E-state index in [1.807, 2.05) is 6.07 Å². The van der Waals surface area contributed by atoms with E-state index in [1.165, 1.54) is 31.0 Å². The Morgan fingerprint density at radius 1 is 1.17 bits per heavy atom. The van der Waals surface area contributed by atoms with Crippen molar-refractivity contribution in [2.24, 2.45) is 7.05 Å². The summed E-state index contributed by atoms with van der Waals surface area (Å²) < 4.78 is 11.8. The third kappa shape index (κ3) is 6.33. The van der Waals surface area contributed by atoms with Gasteiger partial charge in [0.25, 0.3) is 5.56 Å². The highest BCUT2D eigenvalue weighted by molar-refractivity contribution is 6.30. The first-order valence-corrected chi connectivity index (χ1v) is 11.2. The van der Waals surface area contributed by atoms with Crippen molar-refractivity contribution < 1.29 is 24.2 Å². The fourth-order valence-electron chi connectivity index (χ4n) is 3.51. The van der Waals surface area contributed by atoms with Gasteiger partial charge in [0, 0.05) is 23.8 Å². The summed E-state index contributed by atoms with van der Waals surface area (Å²) in [5.74, 6) is -0.317. The molecule has 2 amide bonds. The van der Waals surface area contributed by atoms with E-state index < -0.39 is 23.6 Å². The molecule has 1 heterocycles. The molecular formula is C25H26ClN3O6. The summed E-state index contributed by atoms with van der Waals surface area (Å²) >= 11 is 6.16. The van der Waals surface area contributed by atoms with Gasteiger partial charge in [-0.2, -0.15) is 0 Å². The molecule has 0 aliphatic heterocycles. The van der Waals surface area contributed by atoms with Crippen molar-refractivity contribution in [2.75, 3.05) is 19.0 Å². The number of aromatic nitrogens is 1. The molecule has 2 aromatic carbocycles. The van der Waals surface area contributed by atoms with Crippen LogP contribution >= 0.6 is 11.6 Å². The summed E-state index contributed by atoms with van der Waals surface area (Å²) in [7, 11) is 3.03. The number of hydrogen-bond acceptors (Lipinski definition) is 6. The minimum atomic E-state index is -0.812. The Morgan fingerprint density at radius 3 is 2.63 bits per heavy atom. The van der Waals surface area contributed by atoms with Crippen LogP contribution in [0.2, 0.25) is 5.02 Å². The fourth-order valence-corrected chi connectivity index (χ4v) is 3.70. The normalized spacial score (nSPS) is 11.4. The maximum absolute atomic E-state index is 12.8. The van der Waals surface area contributed by atoms with Gasteiger partial charge in [0.1, 0.15) is 11.5 Å². The molecule has 10 heteroatoms. The largest absolute Gasteiger partial charge is 0.505 e. The Labute approximate surface area is 207 Å². The number of carbonyl (C=O) groups excluding carboxylic acids is 2. The van der Waals surface area contributed by atoms with Crippen molar-refractivity contribution in [1.82, 2.24) is 9.88 Å². The van der Waals surface area contributed by atoms with E-state index >= 15 is 0 Å². The lowest BCUT2D eigenvalue weighted by Gasteiger charge is -2.21. The Hall–Kier alpha value is -3.98. The van der Waals surface area contributed by atoms with Crippen LogP contribution in [0.5, 0.6) is 11.5 Å². The van der Waals surface area contributed by atoms with Crippen molar-refractivity contribution in [3.63, 3.8) is 0 Å². The third-order valence-corrected chi connectivity index (χ3v) is 5.46. The second-order valence-electron chi connectivity index (χ2n) is 7.62. The first-order valence-electron chi connectivity index (χ1n) is 10.8. The van der Waals surface area contributed by atoms with Crippen molar-refractivity contribution in [2.45, 2.75) is 19.4 Å². The molecule has 1 atom stereocenters. The molecule has 0 saturated carbocycles. The van der Waals surface area contributed by atoms with Crippen molar-refractivity contribution in [3.8, 4) is 22.6 Å². The highest BCUT2D eigenvalue weighted by Gasteiger charge is 2.22. The van der Waals surface area contributed by atoms with E-state index in [2.05, 4.69) is 10.6 Å². The van der Waals surface area contributed by atoms with Gasteiger partial charge in [-0.1, -0.05) is 29.8 Å². The summed E-state index contributed by atoms with van der Waals surface area (Å²) in [4.78, 5) is 37.4. The average molecular weight is 500 g/mol. The number of carbonyl (C=O) groups is 2. The molecule has 0 aliphatic carbocycles. The zero-order valence-corrected chi connectivity index (χ0v) is 20.3. The molecule has 3 N–H and O–H groups in total. The topological polar surface area (TPSA) is 119 Å². The SMILES string of the molecule is CCOC(=O)C[C@H](NC(=O)Nc1c(O)ccn(C)c1=O)c1ccc(OC)c(-c2cccc(Cl)c2)c1. The van der Waals surface area contributed by atoms with Gasteiger partial charge in [-0.05, 0) is 48.4 Å². The van der Waals surface area contributed by atoms with E-state index in [4.69, 9.17) is 21.1 Å².